The molecule has 0 saturated heterocycles. The minimum absolute atomic E-state index is 0.171. The van der Waals surface area contributed by atoms with Crippen LogP contribution >= 0.6 is 46.4 Å². The molecule has 0 heterocycles. The number of anilines is 2. The summed E-state index contributed by atoms with van der Waals surface area (Å²) in [5.41, 5.74) is 2.15. The Hall–Kier alpha value is -2.31. The average Bonchev–Trinajstić information content (AvgIpc) is 3.38. The van der Waals surface area contributed by atoms with E-state index >= 15 is 0 Å². The number of hydrogen-bond acceptors (Lipinski definition) is 2. The molecule has 1 fully saturated rings. The maximum absolute atomic E-state index is 14.6. The van der Waals surface area contributed by atoms with Gasteiger partial charge in [0.2, 0.25) is 5.91 Å². The number of carbonyl (C=O) groups is 1. The van der Waals surface area contributed by atoms with E-state index in [9.17, 15) is 13.6 Å². The molecule has 1 saturated carbocycles. The highest BCUT2D eigenvalue weighted by Crippen LogP contribution is 2.65. The smallest absolute Gasteiger partial charge is 0.231 e. The van der Waals surface area contributed by atoms with E-state index in [4.69, 9.17) is 46.4 Å². The van der Waals surface area contributed by atoms with Gasteiger partial charge in [0, 0.05) is 35.6 Å². The van der Waals surface area contributed by atoms with Crippen LogP contribution in [0.5, 0.6) is 0 Å². The van der Waals surface area contributed by atoms with Crippen molar-refractivity contribution in [1.82, 2.24) is 0 Å². The number of nitrogens with one attached hydrogen (secondary N) is 1. The molecule has 0 aromatic heterocycles. The fraction of sp³-hybridized carbons (Fsp3) is 0.160. The molecule has 176 valence electrons. The summed E-state index contributed by atoms with van der Waals surface area (Å²) in [6, 6.07) is 14.8. The van der Waals surface area contributed by atoms with Crippen LogP contribution in [0.2, 0.25) is 10.0 Å². The lowest BCUT2D eigenvalue weighted by atomic mass is 10.1. The first kappa shape index (κ1) is 24.8. The molecule has 34 heavy (non-hydrogen) atoms. The lowest BCUT2D eigenvalue weighted by Gasteiger charge is -2.23. The quantitative estimate of drug-likeness (QED) is 0.321. The van der Waals surface area contributed by atoms with Crippen LogP contribution in [0.4, 0.5) is 20.2 Å². The van der Waals surface area contributed by atoms with Gasteiger partial charge in [-0.3, -0.25) is 4.79 Å². The minimum Gasteiger partial charge on any atom is -0.345 e. The summed E-state index contributed by atoms with van der Waals surface area (Å²) >= 11 is 24.9. The molecule has 0 radical (unpaired) electrons. The van der Waals surface area contributed by atoms with E-state index in [1.165, 1.54) is 30.3 Å². The Kier molecular flexibility index (Phi) is 6.85. The van der Waals surface area contributed by atoms with Gasteiger partial charge >= 0.3 is 0 Å². The van der Waals surface area contributed by atoms with Crippen LogP contribution in [-0.4, -0.2) is 17.3 Å². The highest BCUT2D eigenvalue weighted by molar-refractivity contribution is 6.53. The van der Waals surface area contributed by atoms with Crippen LogP contribution in [0.3, 0.4) is 0 Å². The van der Waals surface area contributed by atoms with Gasteiger partial charge in [-0.2, -0.15) is 0 Å². The van der Waals surface area contributed by atoms with E-state index in [-0.39, 0.29) is 11.4 Å². The van der Waals surface area contributed by atoms with Gasteiger partial charge < -0.3 is 10.2 Å². The Balaban J connectivity index is 1.53. The van der Waals surface area contributed by atoms with Crippen LogP contribution in [0.25, 0.3) is 5.70 Å². The summed E-state index contributed by atoms with van der Waals surface area (Å²) in [5, 5.41) is 3.47. The number of amides is 1. The van der Waals surface area contributed by atoms with E-state index in [1.54, 1.807) is 42.3 Å². The molecule has 2 atom stereocenters. The van der Waals surface area contributed by atoms with E-state index in [2.05, 4.69) is 11.9 Å². The number of alkyl halides is 2. The molecule has 9 heteroatoms. The van der Waals surface area contributed by atoms with Crippen LogP contribution in [0.1, 0.15) is 17.0 Å². The minimum atomic E-state index is -1.32. The monoisotopic (exact) mass is 540 g/mol. The zero-order valence-corrected chi connectivity index (χ0v) is 20.8. The topological polar surface area (TPSA) is 32.3 Å². The molecule has 1 aliphatic rings. The van der Waals surface area contributed by atoms with E-state index in [1.807, 2.05) is 0 Å². The van der Waals surface area contributed by atoms with Crippen LogP contribution in [-0.2, 0) is 4.79 Å². The molecule has 4 rings (SSSR count). The highest BCUT2D eigenvalue weighted by atomic mass is 35.5. The zero-order chi connectivity index (χ0) is 24.8. The maximum Gasteiger partial charge on any atom is 0.231 e. The maximum atomic E-state index is 14.6. The Bertz CT molecular complexity index is 1280. The van der Waals surface area contributed by atoms with Crippen LogP contribution < -0.4 is 10.2 Å². The van der Waals surface area contributed by atoms with E-state index in [0.29, 0.717) is 32.7 Å². The fourth-order valence-electron chi connectivity index (χ4n) is 3.82. The van der Waals surface area contributed by atoms with Crippen molar-refractivity contribution < 1.29 is 13.6 Å². The molecule has 3 nitrogen and oxygen atoms in total. The fourth-order valence-corrected chi connectivity index (χ4v) is 4.95. The van der Waals surface area contributed by atoms with Crippen LogP contribution in [0, 0.1) is 17.6 Å². The first-order valence-electron chi connectivity index (χ1n) is 10.1. The average molecular weight is 542 g/mol. The third-order valence-corrected chi connectivity index (χ3v) is 7.48. The first-order valence-corrected chi connectivity index (χ1v) is 11.6. The van der Waals surface area contributed by atoms with Gasteiger partial charge in [-0.25, -0.2) is 8.78 Å². The molecular weight excluding hydrogens is 524 g/mol. The van der Waals surface area contributed by atoms with Gasteiger partial charge in [0.05, 0.1) is 16.0 Å². The standard InChI is InChI=1S/C25H18Cl4F2N2O/c1-13(33(2)17-7-4-15(30)5-8-17)18-12-16(6-10-21(18)31)32-24(34)23-22(25(23,28)29)14-3-9-19(26)20(27)11-14/h3-12,22-23H,1H2,2H3,(H,32,34). The number of halogens is 6. The summed E-state index contributed by atoms with van der Waals surface area (Å²) in [5.74, 6) is -2.55. The van der Waals surface area contributed by atoms with Gasteiger partial charge in [-0.1, -0.05) is 35.8 Å². The number of hydrogen-bond donors (Lipinski definition) is 1. The van der Waals surface area contributed by atoms with Gasteiger partial charge in [0.15, 0.2) is 0 Å². The van der Waals surface area contributed by atoms with Crippen molar-refractivity contribution in [3.05, 3.63) is 100 Å². The van der Waals surface area contributed by atoms with Crippen molar-refractivity contribution in [3.63, 3.8) is 0 Å². The normalized spacial score (nSPS) is 18.3. The second-order valence-electron chi connectivity index (χ2n) is 7.97. The van der Waals surface area contributed by atoms with Crippen molar-refractivity contribution >= 4 is 69.4 Å². The molecule has 0 spiro atoms. The summed E-state index contributed by atoms with van der Waals surface area (Å²) in [7, 11) is 1.68. The molecule has 3 aromatic rings. The van der Waals surface area contributed by atoms with Gasteiger partial charge in [0.1, 0.15) is 16.0 Å². The van der Waals surface area contributed by atoms with Crippen molar-refractivity contribution in [3.8, 4) is 0 Å². The second kappa shape index (κ2) is 9.38. The van der Waals surface area contributed by atoms with E-state index in [0.717, 1.165) is 0 Å². The van der Waals surface area contributed by atoms with Gasteiger partial charge in [-0.05, 0) is 60.2 Å². The van der Waals surface area contributed by atoms with Gasteiger partial charge in [-0.15, -0.1) is 23.2 Å². The molecule has 1 amide bonds. The van der Waals surface area contributed by atoms with Crippen molar-refractivity contribution in [2.24, 2.45) is 5.92 Å². The predicted molar refractivity (Wildman–Crippen MR) is 136 cm³/mol. The Morgan fingerprint density at radius 3 is 2.32 bits per heavy atom. The number of rotatable bonds is 6. The highest BCUT2D eigenvalue weighted by Gasteiger charge is 2.67. The molecule has 2 unspecified atom stereocenters. The van der Waals surface area contributed by atoms with Gasteiger partial charge in [0.25, 0.3) is 0 Å². The molecular formula is C25H18Cl4F2N2O. The second-order valence-corrected chi connectivity index (χ2v) is 10.2. The number of carbonyl (C=O) groups excluding carboxylic acids is 1. The Morgan fingerprint density at radius 1 is 1.00 bits per heavy atom. The lowest BCUT2D eigenvalue weighted by Crippen LogP contribution is -2.18. The molecule has 1 N–H and O–H groups in total. The molecule has 3 aromatic carbocycles. The predicted octanol–water partition coefficient (Wildman–Crippen LogP) is 7.90. The summed E-state index contributed by atoms with van der Waals surface area (Å²) in [4.78, 5) is 14.6. The van der Waals surface area contributed by atoms with Crippen LogP contribution in [0.15, 0.2) is 67.2 Å². The zero-order valence-electron chi connectivity index (χ0n) is 17.8. The largest absolute Gasteiger partial charge is 0.345 e. The molecule has 0 aliphatic heterocycles. The van der Waals surface area contributed by atoms with Crippen molar-refractivity contribution in [1.29, 1.82) is 0 Å². The summed E-state index contributed by atoms with van der Waals surface area (Å²) in [6.45, 7) is 3.96. The number of benzene rings is 3. The first-order chi connectivity index (χ1) is 16.0. The third kappa shape index (κ3) is 4.76. The van der Waals surface area contributed by atoms with Crippen molar-refractivity contribution in [2.75, 3.05) is 17.3 Å². The Morgan fingerprint density at radius 2 is 1.68 bits per heavy atom. The SMILES string of the molecule is C=C(c1cc(NC(=O)C2C(c3ccc(Cl)c(Cl)c3)C2(Cl)Cl)ccc1F)N(C)c1ccc(F)cc1. The number of nitrogens with zero attached hydrogens (tertiary/aromatic N) is 1. The summed E-state index contributed by atoms with van der Waals surface area (Å²) in [6.07, 6.45) is 0. The summed E-state index contributed by atoms with van der Waals surface area (Å²) < 4.78 is 26.5. The van der Waals surface area contributed by atoms with Crippen molar-refractivity contribution in [2.45, 2.75) is 10.3 Å². The lowest BCUT2D eigenvalue weighted by molar-refractivity contribution is -0.117. The Labute approximate surface area is 215 Å². The third-order valence-electron chi connectivity index (χ3n) is 5.80. The van der Waals surface area contributed by atoms with E-state index < -0.39 is 27.9 Å². The molecule has 1 aliphatic carbocycles. The molecule has 0 bridgehead atoms.